The molecule has 0 aliphatic heterocycles. The number of hydrogen-bond acceptors (Lipinski definition) is 11. The number of H-pyrrole nitrogens is 2. The van der Waals surface area contributed by atoms with E-state index < -0.39 is 29.9 Å². The van der Waals surface area contributed by atoms with E-state index in [0.29, 0.717) is 22.7 Å². The molecule has 2 aromatic heterocycles. The van der Waals surface area contributed by atoms with Gasteiger partial charge in [0.15, 0.2) is 0 Å². The van der Waals surface area contributed by atoms with Gasteiger partial charge in [0.1, 0.15) is 4.86 Å². The van der Waals surface area contributed by atoms with Crippen molar-refractivity contribution in [2.75, 3.05) is 0 Å². The number of carbonyl (C=O) groups is 3. The van der Waals surface area contributed by atoms with Crippen molar-refractivity contribution in [3.8, 4) is 0 Å². The Bertz CT molecular complexity index is 859. The van der Waals surface area contributed by atoms with Gasteiger partial charge in [-0.15, -0.1) is 0 Å². The molecule has 0 fully saturated rings. The van der Waals surface area contributed by atoms with E-state index in [0.717, 1.165) is 19.3 Å². The molecule has 0 aliphatic carbocycles. The number of aromatic amines is 2. The van der Waals surface area contributed by atoms with Gasteiger partial charge in [-0.1, -0.05) is 44.2 Å². The minimum atomic E-state index is -1.25. The zero-order chi connectivity index (χ0) is 26.1. The summed E-state index contributed by atoms with van der Waals surface area (Å²) in [6.45, 7) is 2.11. The number of primary amides is 1. The number of carboxylic acids is 2. The molecule has 12 nitrogen and oxygen atoms in total. The van der Waals surface area contributed by atoms with Crippen molar-refractivity contribution in [1.29, 1.82) is 0 Å². The van der Waals surface area contributed by atoms with Crippen molar-refractivity contribution in [2.45, 2.75) is 57.5 Å². The first-order chi connectivity index (χ1) is 16.0. The van der Waals surface area contributed by atoms with Gasteiger partial charge in [-0.25, -0.2) is 9.97 Å². The van der Waals surface area contributed by atoms with E-state index in [-0.39, 0.29) is 37.2 Å². The van der Waals surface area contributed by atoms with Crippen LogP contribution in [0.15, 0.2) is 25.0 Å². The molecule has 8 N–H and O–H groups in total. The largest absolute Gasteiger partial charge is 2.00 e. The van der Waals surface area contributed by atoms with Crippen LogP contribution in [-0.4, -0.2) is 59.6 Å². The van der Waals surface area contributed by atoms with Crippen LogP contribution < -0.4 is 27.4 Å². The van der Waals surface area contributed by atoms with Crippen molar-refractivity contribution in [2.24, 2.45) is 17.2 Å². The second-order valence-electron chi connectivity index (χ2n) is 6.99. The summed E-state index contributed by atoms with van der Waals surface area (Å²) in [4.78, 5) is 44.4. The van der Waals surface area contributed by atoms with Crippen molar-refractivity contribution in [3.05, 3.63) is 36.4 Å². The van der Waals surface area contributed by atoms with E-state index in [1.165, 1.54) is 25.0 Å². The third-order valence-corrected chi connectivity index (χ3v) is 5.06. The Balaban J connectivity index is 0. The van der Waals surface area contributed by atoms with E-state index in [1.54, 1.807) is 0 Å². The van der Waals surface area contributed by atoms with Gasteiger partial charge >= 0.3 is 19.5 Å². The Morgan fingerprint density at radius 2 is 1.37 bits per heavy atom. The molecule has 0 aromatic carbocycles. The van der Waals surface area contributed by atoms with Crippen LogP contribution in [0, 0.1) is 0 Å². The van der Waals surface area contributed by atoms with E-state index >= 15 is 0 Å². The zero-order valence-electron chi connectivity index (χ0n) is 19.4. The van der Waals surface area contributed by atoms with Gasteiger partial charge in [-0.3, -0.25) is 4.79 Å². The van der Waals surface area contributed by atoms with Crippen LogP contribution >= 0.6 is 24.4 Å². The summed E-state index contributed by atoms with van der Waals surface area (Å²) in [6, 6.07) is -1.93. The molecule has 35 heavy (non-hydrogen) atoms. The average molecular weight is 577 g/mol. The van der Waals surface area contributed by atoms with E-state index in [1.807, 2.05) is 0 Å². The monoisotopic (exact) mass is 575 g/mol. The molecule has 2 aromatic rings. The van der Waals surface area contributed by atoms with Crippen LogP contribution in [0.3, 0.4) is 0 Å². The number of amides is 1. The summed E-state index contributed by atoms with van der Waals surface area (Å²) >= 11 is 9.66. The molecule has 2 atom stereocenters. The van der Waals surface area contributed by atoms with E-state index in [9.17, 15) is 24.6 Å². The van der Waals surface area contributed by atoms with Gasteiger partial charge in [0.25, 0.3) is 5.91 Å². The summed E-state index contributed by atoms with van der Waals surface area (Å²) < 4.78 is 0. The van der Waals surface area contributed by atoms with Crippen LogP contribution in [-0.2, 0) is 46.7 Å². The number of thiocarbonyl (C=S) groups is 2. The molecule has 0 saturated carbocycles. The van der Waals surface area contributed by atoms with Crippen LogP contribution in [0.4, 0.5) is 0 Å². The topological polar surface area (TPSA) is 233 Å². The summed E-state index contributed by atoms with van der Waals surface area (Å²) in [7, 11) is 0. The van der Waals surface area contributed by atoms with Gasteiger partial charge in [0.05, 0.1) is 24.6 Å². The molecule has 0 bridgehead atoms. The van der Waals surface area contributed by atoms with Gasteiger partial charge in [0, 0.05) is 53.6 Å². The third-order valence-electron chi connectivity index (χ3n) is 4.08. The fourth-order valence-corrected chi connectivity index (χ4v) is 2.57. The normalized spacial score (nSPS) is 11.3. The van der Waals surface area contributed by atoms with Gasteiger partial charge in [0.2, 0.25) is 0 Å². The molecule has 2 rings (SSSR count). The quantitative estimate of drug-likeness (QED) is 0.104. The first-order valence-electron chi connectivity index (χ1n) is 10.2. The fraction of sp³-hybridized carbons (Fsp3) is 0.450. The number of hydrogen-bond donors (Lipinski definition) is 5. The molecule has 0 aliphatic rings. The van der Waals surface area contributed by atoms with Gasteiger partial charge in [-0.05, 0) is 12.8 Å². The predicted molar refractivity (Wildman–Crippen MR) is 129 cm³/mol. The Labute approximate surface area is 226 Å². The Morgan fingerprint density at radius 1 is 0.943 bits per heavy atom. The molecule has 0 saturated heterocycles. The molecule has 1 amide bonds. The standard InChI is InChI=1S/C8H13NOS2.2C6H9N3O2.Zn/c1-2-3-4-5-6(11)7(12)8(9)10;2*7-5(6(10)11)1-4-2-8-3-9-4;/h2-5H2,1H3,(H2,9,10);2*2-3,5H,1,7H2,(H,8,9)(H,10,11);/q;;;+2/p-2/t;2*5-;/m.00./s1. The Hall–Kier alpha value is -2.45. The summed E-state index contributed by atoms with van der Waals surface area (Å²) in [5.41, 5.74) is 16.8. The van der Waals surface area contributed by atoms with Crippen LogP contribution in [0.2, 0.25) is 0 Å². The number of nitrogens with zero attached hydrogens (tertiary/aromatic N) is 2. The molecular weight excluding hydrogens is 548 g/mol. The maximum absolute atomic E-state index is 10.6. The van der Waals surface area contributed by atoms with Crippen LogP contribution in [0.25, 0.3) is 0 Å². The first-order valence-corrected chi connectivity index (χ1v) is 11.0. The number of rotatable bonds is 12. The molecule has 15 heteroatoms. The maximum atomic E-state index is 10.6. The van der Waals surface area contributed by atoms with Crippen molar-refractivity contribution < 1.29 is 44.1 Å². The first kappa shape index (κ1) is 34.7. The number of unbranched alkanes of at least 4 members (excludes halogenated alkanes) is 2. The van der Waals surface area contributed by atoms with E-state index in [4.69, 9.17) is 41.6 Å². The summed E-state index contributed by atoms with van der Waals surface area (Å²) in [6.07, 6.45) is 10.4. The predicted octanol–water partition coefficient (Wildman–Crippen LogP) is -2.15. The number of aliphatic carboxylic acids is 2. The van der Waals surface area contributed by atoms with Crippen LogP contribution in [0.5, 0.6) is 0 Å². The van der Waals surface area contributed by atoms with Crippen molar-refractivity contribution >= 4 is 52.0 Å². The maximum Gasteiger partial charge on any atom is 2.00 e. The number of carbonyl (C=O) groups excluding carboxylic acids is 3. The third kappa shape index (κ3) is 16.8. The fourth-order valence-electron chi connectivity index (χ4n) is 2.22. The van der Waals surface area contributed by atoms with Crippen molar-refractivity contribution in [3.63, 3.8) is 0 Å². The van der Waals surface area contributed by atoms with Crippen molar-refractivity contribution in [1.82, 2.24) is 19.9 Å². The molecule has 2 heterocycles. The molecular formula is C20H29N7O5S2Zn. The summed E-state index contributed by atoms with van der Waals surface area (Å²) in [5, 5.41) is 20.3. The second kappa shape index (κ2) is 19.8. The second-order valence-corrected chi connectivity index (χ2v) is 7.89. The Kier molecular flexibility index (Phi) is 19.7. The molecule has 188 valence electrons. The number of nitrogens with one attached hydrogen (secondary N) is 2. The molecule has 0 spiro atoms. The minimum Gasteiger partial charge on any atom is -0.548 e. The van der Waals surface area contributed by atoms with Crippen LogP contribution in [0.1, 0.15) is 44.0 Å². The van der Waals surface area contributed by atoms with E-state index in [2.05, 4.69) is 26.9 Å². The van der Waals surface area contributed by atoms with Gasteiger partial charge in [-0.2, -0.15) is 0 Å². The smallest absolute Gasteiger partial charge is 0.548 e. The average Bonchev–Trinajstić information content (AvgIpc) is 3.48. The number of carboxylic acid groups (broad SMARTS) is 2. The number of aromatic nitrogens is 4. The van der Waals surface area contributed by atoms with Gasteiger partial charge < -0.3 is 47.0 Å². The summed E-state index contributed by atoms with van der Waals surface area (Å²) in [5.74, 6) is -3.08. The number of imidazole rings is 2. The Morgan fingerprint density at radius 3 is 1.66 bits per heavy atom. The SMILES string of the molecule is CCCCCC(=S)C(=S)C(N)=O.N[C@@H](Cc1cnc[nH]1)C(=O)[O-].N[C@@H](Cc1cnc[nH]1)C(=O)[O-].[Zn+2]. The number of nitrogens with two attached hydrogens (primary N) is 3. The zero-order valence-corrected chi connectivity index (χ0v) is 24.0. The molecule has 0 unspecified atom stereocenters. The molecule has 0 radical (unpaired) electrons. The minimum absolute atomic E-state index is 0.